The highest BCUT2D eigenvalue weighted by Crippen LogP contribution is 2.29. The van der Waals surface area contributed by atoms with E-state index in [0.717, 1.165) is 15.8 Å². The lowest BCUT2D eigenvalue weighted by Crippen LogP contribution is -2.18. The molecule has 0 spiro atoms. The standard InChI is InChI=1S/C10H9Cl2N3OS/c1-4-2-5(14-9(16)8(11)12)3-6-7(4)15-10(13)17-6/h2-3,8H,1H3,(H2,13,15)(H,14,16). The van der Waals surface area contributed by atoms with Crippen LogP contribution >= 0.6 is 34.5 Å². The Hall–Kier alpha value is -1.04. The summed E-state index contributed by atoms with van der Waals surface area (Å²) in [7, 11) is 0. The normalized spacial score (nSPS) is 11.1. The summed E-state index contributed by atoms with van der Waals surface area (Å²) in [6.45, 7) is 1.90. The molecule has 7 heteroatoms. The Bertz CT molecular complexity index is 582. The van der Waals surface area contributed by atoms with E-state index >= 15 is 0 Å². The minimum atomic E-state index is -1.09. The zero-order valence-corrected chi connectivity index (χ0v) is 11.2. The van der Waals surface area contributed by atoms with Crippen LogP contribution < -0.4 is 11.1 Å². The number of carbonyl (C=O) groups is 1. The average Bonchev–Trinajstić information content (AvgIpc) is 2.59. The molecule has 1 aromatic heterocycles. The molecule has 3 N–H and O–H groups in total. The molecule has 0 saturated carbocycles. The Kier molecular flexibility index (Phi) is 3.42. The predicted octanol–water partition coefficient (Wildman–Crippen LogP) is 2.93. The molecule has 0 bridgehead atoms. The van der Waals surface area contributed by atoms with Gasteiger partial charge in [0.05, 0.1) is 10.2 Å². The van der Waals surface area contributed by atoms with Crippen LogP contribution in [0.2, 0.25) is 0 Å². The number of halogens is 2. The van der Waals surface area contributed by atoms with E-state index in [1.807, 2.05) is 6.92 Å². The first kappa shape index (κ1) is 12.4. The topological polar surface area (TPSA) is 68.0 Å². The second-order valence-corrected chi connectivity index (χ2v) is 5.64. The molecule has 1 amide bonds. The van der Waals surface area contributed by atoms with Gasteiger partial charge in [0, 0.05) is 5.69 Å². The second-order valence-electron chi connectivity index (χ2n) is 3.48. The van der Waals surface area contributed by atoms with E-state index in [-0.39, 0.29) is 0 Å². The van der Waals surface area contributed by atoms with E-state index in [9.17, 15) is 4.79 Å². The van der Waals surface area contributed by atoms with Crippen molar-refractivity contribution in [3.8, 4) is 0 Å². The van der Waals surface area contributed by atoms with Crippen molar-refractivity contribution < 1.29 is 4.79 Å². The fourth-order valence-electron chi connectivity index (χ4n) is 1.48. The third-order valence-corrected chi connectivity index (χ3v) is 3.40. The van der Waals surface area contributed by atoms with Crippen LogP contribution in [0.4, 0.5) is 10.8 Å². The van der Waals surface area contributed by atoms with E-state index in [4.69, 9.17) is 28.9 Å². The van der Waals surface area contributed by atoms with Gasteiger partial charge in [-0.05, 0) is 24.6 Å². The number of carbonyl (C=O) groups excluding carboxylic acids is 1. The van der Waals surface area contributed by atoms with Crippen molar-refractivity contribution in [2.45, 2.75) is 11.8 Å². The molecule has 90 valence electrons. The zero-order chi connectivity index (χ0) is 12.6. The maximum absolute atomic E-state index is 11.4. The van der Waals surface area contributed by atoms with E-state index in [1.54, 1.807) is 12.1 Å². The van der Waals surface area contributed by atoms with E-state index < -0.39 is 10.7 Å². The zero-order valence-electron chi connectivity index (χ0n) is 8.83. The van der Waals surface area contributed by atoms with Gasteiger partial charge in [-0.1, -0.05) is 34.5 Å². The number of aromatic nitrogens is 1. The van der Waals surface area contributed by atoms with Crippen LogP contribution in [0.15, 0.2) is 12.1 Å². The van der Waals surface area contributed by atoms with Gasteiger partial charge in [-0.2, -0.15) is 0 Å². The molecule has 17 heavy (non-hydrogen) atoms. The van der Waals surface area contributed by atoms with Gasteiger partial charge in [-0.25, -0.2) is 4.98 Å². The molecule has 0 atom stereocenters. The van der Waals surface area contributed by atoms with Crippen LogP contribution in [0.5, 0.6) is 0 Å². The van der Waals surface area contributed by atoms with Gasteiger partial charge < -0.3 is 11.1 Å². The molecule has 0 fully saturated rings. The number of nitrogen functional groups attached to an aromatic ring is 1. The van der Waals surface area contributed by atoms with Crippen molar-refractivity contribution in [3.05, 3.63) is 17.7 Å². The Balaban J connectivity index is 2.39. The summed E-state index contributed by atoms with van der Waals surface area (Å²) in [5.74, 6) is -0.454. The fraction of sp³-hybridized carbons (Fsp3) is 0.200. The SMILES string of the molecule is Cc1cc(NC(=O)C(Cl)Cl)cc2sc(N)nc12. The quantitative estimate of drug-likeness (QED) is 0.836. The Morgan fingerprint density at radius 2 is 2.24 bits per heavy atom. The number of nitrogens with one attached hydrogen (secondary N) is 1. The number of nitrogens with two attached hydrogens (primary N) is 1. The lowest BCUT2D eigenvalue weighted by atomic mass is 10.2. The monoisotopic (exact) mass is 289 g/mol. The van der Waals surface area contributed by atoms with Crippen molar-refractivity contribution in [2.24, 2.45) is 0 Å². The van der Waals surface area contributed by atoms with E-state index in [2.05, 4.69) is 10.3 Å². The van der Waals surface area contributed by atoms with Crippen LogP contribution in [0, 0.1) is 6.92 Å². The third-order valence-electron chi connectivity index (χ3n) is 2.17. The highest BCUT2D eigenvalue weighted by molar-refractivity contribution is 7.22. The highest BCUT2D eigenvalue weighted by atomic mass is 35.5. The number of thiazole rings is 1. The molecule has 0 aliphatic heterocycles. The van der Waals surface area contributed by atoms with Gasteiger partial charge >= 0.3 is 0 Å². The molecule has 1 aromatic carbocycles. The molecule has 4 nitrogen and oxygen atoms in total. The van der Waals surface area contributed by atoms with E-state index in [1.165, 1.54) is 11.3 Å². The number of benzene rings is 1. The molecular formula is C10H9Cl2N3OS. The summed E-state index contributed by atoms with van der Waals surface area (Å²) in [6, 6.07) is 3.60. The van der Waals surface area contributed by atoms with Gasteiger partial charge in [0.15, 0.2) is 9.97 Å². The molecule has 0 saturated heterocycles. The second kappa shape index (κ2) is 4.68. The molecule has 1 heterocycles. The number of fused-ring (bicyclic) bond motifs is 1. The van der Waals surface area contributed by atoms with Crippen LogP contribution in [-0.2, 0) is 4.79 Å². The maximum atomic E-state index is 11.4. The smallest absolute Gasteiger partial charge is 0.257 e. The predicted molar refractivity (Wildman–Crippen MR) is 72.9 cm³/mol. The number of alkyl halides is 2. The Morgan fingerprint density at radius 3 is 2.88 bits per heavy atom. The van der Waals surface area contributed by atoms with Crippen LogP contribution in [0.3, 0.4) is 0 Å². The van der Waals surface area contributed by atoms with Gasteiger partial charge in [0.1, 0.15) is 0 Å². The van der Waals surface area contributed by atoms with Crippen molar-refractivity contribution >= 4 is 61.5 Å². The highest BCUT2D eigenvalue weighted by Gasteiger charge is 2.13. The molecule has 2 aromatic rings. The number of nitrogens with zero attached hydrogens (tertiary/aromatic N) is 1. The van der Waals surface area contributed by atoms with Crippen LogP contribution in [-0.4, -0.2) is 15.7 Å². The first-order chi connectivity index (χ1) is 7.97. The average molecular weight is 290 g/mol. The summed E-state index contributed by atoms with van der Waals surface area (Å²) < 4.78 is 0.915. The lowest BCUT2D eigenvalue weighted by molar-refractivity contribution is -0.114. The Morgan fingerprint density at radius 1 is 1.53 bits per heavy atom. The number of aryl methyl sites for hydroxylation is 1. The van der Waals surface area contributed by atoms with Gasteiger partial charge in [0.25, 0.3) is 5.91 Å². The molecule has 2 rings (SSSR count). The first-order valence-electron chi connectivity index (χ1n) is 4.73. The third kappa shape index (κ3) is 2.62. The summed E-state index contributed by atoms with van der Waals surface area (Å²) in [4.78, 5) is 14.5. The van der Waals surface area contributed by atoms with Crippen molar-refractivity contribution in [3.63, 3.8) is 0 Å². The summed E-state index contributed by atoms with van der Waals surface area (Å²) in [6.07, 6.45) is 0. The minimum Gasteiger partial charge on any atom is -0.375 e. The fourth-order valence-corrected chi connectivity index (χ4v) is 2.44. The largest absolute Gasteiger partial charge is 0.375 e. The molecule has 0 aliphatic carbocycles. The number of amides is 1. The van der Waals surface area contributed by atoms with Gasteiger partial charge in [-0.15, -0.1) is 0 Å². The van der Waals surface area contributed by atoms with Crippen LogP contribution in [0.25, 0.3) is 10.2 Å². The molecule has 0 radical (unpaired) electrons. The lowest BCUT2D eigenvalue weighted by Gasteiger charge is -2.06. The molecule has 0 aliphatic rings. The van der Waals surface area contributed by atoms with Crippen molar-refractivity contribution in [2.75, 3.05) is 11.1 Å². The summed E-state index contributed by atoms with van der Waals surface area (Å²) >= 11 is 12.3. The molecule has 0 unspecified atom stereocenters. The number of anilines is 2. The van der Waals surface area contributed by atoms with Crippen molar-refractivity contribution in [1.29, 1.82) is 0 Å². The number of hydrogen-bond acceptors (Lipinski definition) is 4. The maximum Gasteiger partial charge on any atom is 0.257 e. The van der Waals surface area contributed by atoms with Gasteiger partial charge in [-0.3, -0.25) is 4.79 Å². The summed E-state index contributed by atoms with van der Waals surface area (Å²) in [5.41, 5.74) is 8.05. The van der Waals surface area contributed by atoms with Gasteiger partial charge in [0.2, 0.25) is 0 Å². The van der Waals surface area contributed by atoms with E-state index in [0.29, 0.717) is 10.8 Å². The Labute approximate surface area is 112 Å². The van der Waals surface area contributed by atoms with Crippen molar-refractivity contribution in [1.82, 2.24) is 4.98 Å². The number of rotatable bonds is 2. The molecular weight excluding hydrogens is 281 g/mol. The summed E-state index contributed by atoms with van der Waals surface area (Å²) in [5, 5.41) is 3.12. The minimum absolute atomic E-state index is 0.454. The number of hydrogen-bond donors (Lipinski definition) is 2. The van der Waals surface area contributed by atoms with Crippen LogP contribution in [0.1, 0.15) is 5.56 Å². The first-order valence-corrected chi connectivity index (χ1v) is 6.42.